The molecule has 3 aromatic rings. The quantitative estimate of drug-likeness (QED) is 0.736. The highest BCUT2D eigenvalue weighted by Crippen LogP contribution is 2.16. The molecule has 2 aromatic heterocycles. The molecule has 2 heterocycles. The molecule has 1 aromatic carbocycles. The minimum atomic E-state index is -0.491. The molecular weight excluding hydrogens is 270 g/mol. The van der Waals surface area contributed by atoms with Crippen LogP contribution in [0.2, 0.25) is 0 Å². The summed E-state index contributed by atoms with van der Waals surface area (Å²) in [5.74, 6) is -0.292. The molecule has 0 radical (unpaired) electrons. The van der Waals surface area contributed by atoms with Crippen LogP contribution >= 0.6 is 0 Å². The van der Waals surface area contributed by atoms with Crippen molar-refractivity contribution in [1.82, 2.24) is 19.6 Å². The summed E-state index contributed by atoms with van der Waals surface area (Å²) >= 11 is 0. The van der Waals surface area contributed by atoms with Gasteiger partial charge in [0.2, 0.25) is 5.82 Å². The van der Waals surface area contributed by atoms with Gasteiger partial charge in [0.15, 0.2) is 5.78 Å². The van der Waals surface area contributed by atoms with E-state index in [1.807, 2.05) is 0 Å². The first-order valence-corrected chi connectivity index (χ1v) is 6.24. The minimum absolute atomic E-state index is 0.00736. The molecule has 0 atom stereocenters. The number of carbonyl (C=O) groups excluding carboxylic acids is 2. The maximum Gasteiger partial charge on any atom is 0.295 e. The van der Waals surface area contributed by atoms with Gasteiger partial charge in [-0.3, -0.25) is 9.59 Å². The van der Waals surface area contributed by atoms with Crippen molar-refractivity contribution < 1.29 is 9.59 Å². The van der Waals surface area contributed by atoms with Gasteiger partial charge in [-0.2, -0.15) is 4.98 Å². The van der Waals surface area contributed by atoms with Crippen LogP contribution < -0.4 is 5.32 Å². The zero-order chi connectivity index (χ0) is 14.8. The summed E-state index contributed by atoms with van der Waals surface area (Å²) in [5.41, 5.74) is 0.870. The van der Waals surface area contributed by atoms with Gasteiger partial charge >= 0.3 is 0 Å². The van der Waals surface area contributed by atoms with Crippen molar-refractivity contribution in [1.29, 1.82) is 0 Å². The highest BCUT2D eigenvalue weighted by atomic mass is 16.2. The molecule has 1 N–H and O–H groups in total. The Labute approximate surface area is 119 Å². The second-order valence-electron chi connectivity index (χ2n) is 4.36. The van der Waals surface area contributed by atoms with E-state index >= 15 is 0 Å². The van der Waals surface area contributed by atoms with Gasteiger partial charge in [0, 0.05) is 18.0 Å². The first-order chi connectivity index (χ1) is 10.1. The molecule has 3 rings (SSSR count). The lowest BCUT2D eigenvalue weighted by Crippen LogP contribution is -2.16. The third-order valence-corrected chi connectivity index (χ3v) is 2.87. The summed E-state index contributed by atoms with van der Waals surface area (Å²) in [4.78, 5) is 31.7. The van der Waals surface area contributed by atoms with Crippen molar-refractivity contribution in [3.63, 3.8) is 0 Å². The maximum atomic E-state index is 12.2. The molecule has 0 aliphatic heterocycles. The number of aromatic nitrogens is 4. The lowest BCUT2D eigenvalue weighted by molar-refractivity contribution is 0.101. The maximum absolute atomic E-state index is 12.2. The Morgan fingerprint density at radius 2 is 2.00 bits per heavy atom. The summed E-state index contributed by atoms with van der Waals surface area (Å²) in [6, 6.07) is 8.47. The average molecular weight is 281 g/mol. The van der Waals surface area contributed by atoms with E-state index in [4.69, 9.17) is 0 Å². The van der Waals surface area contributed by atoms with Crippen molar-refractivity contribution in [3.05, 3.63) is 54.1 Å². The van der Waals surface area contributed by atoms with Crippen LogP contribution in [-0.2, 0) is 0 Å². The third kappa shape index (κ3) is 2.48. The third-order valence-electron chi connectivity index (χ3n) is 2.87. The van der Waals surface area contributed by atoms with E-state index in [2.05, 4.69) is 20.4 Å². The first kappa shape index (κ1) is 12.9. The number of para-hydroxylation sites is 1. The second kappa shape index (κ2) is 5.12. The van der Waals surface area contributed by atoms with Gasteiger partial charge in [-0.1, -0.05) is 12.1 Å². The average Bonchev–Trinajstić information content (AvgIpc) is 2.91. The minimum Gasteiger partial charge on any atom is -0.319 e. The number of nitrogens with one attached hydrogen (secondary N) is 1. The molecule has 0 unspecified atom stereocenters. The molecule has 0 fully saturated rings. The standard InChI is InChI=1S/C14H11N5O2/c1-9(20)10-5-2-3-6-11(10)16-13(21)12-17-14-15-7-4-8-19(14)18-12/h2-8H,1H3,(H,16,21). The monoisotopic (exact) mass is 281 g/mol. The summed E-state index contributed by atoms with van der Waals surface area (Å²) in [5, 5.41) is 6.67. The van der Waals surface area contributed by atoms with Gasteiger partial charge in [-0.25, -0.2) is 9.50 Å². The zero-order valence-corrected chi connectivity index (χ0v) is 11.1. The molecule has 0 aliphatic rings. The molecular formula is C14H11N5O2. The molecule has 0 aliphatic carbocycles. The molecule has 0 bridgehead atoms. The highest BCUT2D eigenvalue weighted by molar-refractivity contribution is 6.07. The summed E-state index contributed by atoms with van der Waals surface area (Å²) in [6.07, 6.45) is 3.21. The number of nitrogens with zero attached hydrogens (tertiary/aromatic N) is 4. The smallest absolute Gasteiger partial charge is 0.295 e. The van der Waals surface area contributed by atoms with Gasteiger partial charge < -0.3 is 5.32 Å². The van der Waals surface area contributed by atoms with Gasteiger partial charge in [0.1, 0.15) is 0 Å². The van der Waals surface area contributed by atoms with Crippen LogP contribution in [0.5, 0.6) is 0 Å². The number of anilines is 1. The topological polar surface area (TPSA) is 89.2 Å². The first-order valence-electron chi connectivity index (χ1n) is 6.24. The Kier molecular flexibility index (Phi) is 3.15. The Bertz CT molecular complexity index is 807. The van der Waals surface area contributed by atoms with Gasteiger partial charge in [-0.15, -0.1) is 5.10 Å². The van der Waals surface area contributed by atoms with Gasteiger partial charge in [0.25, 0.3) is 11.7 Å². The number of carbonyl (C=O) groups is 2. The van der Waals surface area contributed by atoms with E-state index in [0.717, 1.165) is 0 Å². The van der Waals surface area contributed by atoms with Crippen LogP contribution in [0.3, 0.4) is 0 Å². The summed E-state index contributed by atoms with van der Waals surface area (Å²) < 4.78 is 1.41. The predicted octanol–water partition coefficient (Wildman–Crippen LogP) is 1.58. The van der Waals surface area contributed by atoms with Crippen LogP contribution in [0.25, 0.3) is 5.78 Å². The number of Topliss-reactive ketones (excluding diaryl/α,β-unsaturated/α-hetero) is 1. The van der Waals surface area contributed by atoms with Crippen molar-refractivity contribution in [2.75, 3.05) is 5.32 Å². The number of amides is 1. The van der Waals surface area contributed by atoms with Crippen LogP contribution in [0.4, 0.5) is 5.69 Å². The van der Waals surface area contributed by atoms with E-state index in [1.165, 1.54) is 11.4 Å². The molecule has 1 amide bonds. The van der Waals surface area contributed by atoms with Gasteiger partial charge in [0.05, 0.1) is 5.69 Å². The lowest BCUT2D eigenvalue weighted by Gasteiger charge is -2.06. The van der Waals surface area contributed by atoms with E-state index in [1.54, 1.807) is 42.7 Å². The SMILES string of the molecule is CC(=O)c1ccccc1NC(=O)c1nc2ncccn2n1. The Hall–Kier alpha value is -3.09. The fourth-order valence-corrected chi connectivity index (χ4v) is 1.91. The van der Waals surface area contributed by atoms with Crippen LogP contribution in [0, 0.1) is 0 Å². The highest BCUT2D eigenvalue weighted by Gasteiger charge is 2.15. The lowest BCUT2D eigenvalue weighted by atomic mass is 10.1. The van der Waals surface area contributed by atoms with E-state index < -0.39 is 5.91 Å². The summed E-state index contributed by atoms with van der Waals surface area (Å²) in [6.45, 7) is 1.44. The Morgan fingerprint density at radius 3 is 2.76 bits per heavy atom. The van der Waals surface area contributed by atoms with Crippen molar-refractivity contribution in [2.45, 2.75) is 6.92 Å². The number of fused-ring (bicyclic) bond motifs is 1. The Balaban J connectivity index is 1.91. The molecule has 0 spiro atoms. The van der Waals surface area contributed by atoms with Crippen LogP contribution in [0.15, 0.2) is 42.7 Å². The molecule has 104 valence electrons. The van der Waals surface area contributed by atoms with Crippen molar-refractivity contribution in [3.8, 4) is 0 Å². The van der Waals surface area contributed by atoms with E-state index in [9.17, 15) is 9.59 Å². The molecule has 0 saturated heterocycles. The second-order valence-corrected chi connectivity index (χ2v) is 4.36. The number of hydrogen-bond acceptors (Lipinski definition) is 5. The predicted molar refractivity (Wildman–Crippen MR) is 75.2 cm³/mol. The van der Waals surface area contributed by atoms with Crippen LogP contribution in [-0.4, -0.2) is 31.3 Å². The molecule has 21 heavy (non-hydrogen) atoms. The normalized spacial score (nSPS) is 10.5. The summed E-state index contributed by atoms with van der Waals surface area (Å²) in [7, 11) is 0. The fraction of sp³-hybridized carbons (Fsp3) is 0.0714. The van der Waals surface area contributed by atoms with Crippen LogP contribution in [0.1, 0.15) is 27.9 Å². The van der Waals surface area contributed by atoms with E-state index in [-0.39, 0.29) is 11.6 Å². The van der Waals surface area contributed by atoms with Crippen molar-refractivity contribution >= 4 is 23.2 Å². The number of hydrogen-bond donors (Lipinski definition) is 1. The zero-order valence-electron chi connectivity index (χ0n) is 11.1. The Morgan fingerprint density at radius 1 is 1.19 bits per heavy atom. The molecule has 7 heteroatoms. The largest absolute Gasteiger partial charge is 0.319 e. The van der Waals surface area contributed by atoms with Crippen molar-refractivity contribution in [2.24, 2.45) is 0 Å². The number of benzene rings is 1. The van der Waals surface area contributed by atoms with Gasteiger partial charge in [-0.05, 0) is 25.1 Å². The number of rotatable bonds is 3. The fourth-order valence-electron chi connectivity index (χ4n) is 1.91. The van der Waals surface area contributed by atoms with E-state index in [0.29, 0.717) is 17.0 Å². The molecule has 0 saturated carbocycles. The molecule has 7 nitrogen and oxygen atoms in total. The number of ketones is 1.